The molecule has 0 spiro atoms. The molecule has 25 heavy (non-hydrogen) atoms. The number of carbonyl (C=O) groups excluding carboxylic acids is 2. The average molecular weight is 379 g/mol. The van der Waals surface area contributed by atoms with Crippen LogP contribution in [0.25, 0.3) is 0 Å². The maximum atomic E-state index is 13.7. The Hall–Kier alpha value is -2.49. The first-order valence-electron chi connectivity index (χ1n) is 6.62. The molecule has 1 N–H and O–H groups in total. The first-order valence-corrected chi connectivity index (χ1v) is 7.44. The molecule has 0 aliphatic rings. The van der Waals surface area contributed by atoms with E-state index in [1.165, 1.54) is 0 Å². The topological polar surface area (TPSA) is 55.4 Å². The fourth-order valence-electron chi connectivity index (χ4n) is 2.03. The van der Waals surface area contributed by atoms with Crippen LogP contribution in [-0.2, 0) is 4.74 Å². The van der Waals surface area contributed by atoms with Crippen LogP contribution in [0.1, 0.15) is 31.2 Å². The third-order valence-corrected chi connectivity index (χ3v) is 4.56. The van der Waals surface area contributed by atoms with Gasteiger partial charge < -0.3 is 10.1 Å². The molecule has 1 amide bonds. The summed E-state index contributed by atoms with van der Waals surface area (Å²) in [6, 6.07) is 0. The van der Waals surface area contributed by atoms with Gasteiger partial charge in [0.1, 0.15) is 10.6 Å². The molecular weight excluding hydrogens is 369 g/mol. The van der Waals surface area contributed by atoms with Gasteiger partial charge in [-0.3, -0.25) is 4.79 Å². The number of esters is 1. The van der Waals surface area contributed by atoms with E-state index >= 15 is 0 Å². The molecule has 0 unspecified atom stereocenters. The predicted molar refractivity (Wildman–Crippen MR) is 79.3 cm³/mol. The molecule has 0 saturated heterocycles. The van der Waals surface area contributed by atoms with Crippen molar-refractivity contribution in [2.45, 2.75) is 13.8 Å². The summed E-state index contributed by atoms with van der Waals surface area (Å²) in [7, 11) is 1.09. The summed E-state index contributed by atoms with van der Waals surface area (Å²) < 4.78 is 71.4. The highest BCUT2D eigenvalue weighted by Gasteiger charge is 2.31. The Labute approximate surface area is 142 Å². The first-order chi connectivity index (χ1) is 11.6. The summed E-state index contributed by atoms with van der Waals surface area (Å²) in [6.07, 6.45) is 0. The van der Waals surface area contributed by atoms with Crippen LogP contribution in [0.5, 0.6) is 0 Å². The Morgan fingerprint density at radius 2 is 1.36 bits per heavy atom. The van der Waals surface area contributed by atoms with Gasteiger partial charge in [0.2, 0.25) is 5.82 Å². The van der Waals surface area contributed by atoms with Crippen molar-refractivity contribution >= 4 is 28.2 Å². The number of carbonyl (C=O) groups is 2. The molecule has 134 valence electrons. The molecule has 4 nitrogen and oxygen atoms in total. The van der Waals surface area contributed by atoms with E-state index in [2.05, 4.69) is 4.74 Å². The Morgan fingerprint density at radius 1 is 0.880 bits per heavy atom. The van der Waals surface area contributed by atoms with E-state index in [1.54, 1.807) is 13.8 Å². The minimum absolute atomic E-state index is 0.0674. The van der Waals surface area contributed by atoms with Crippen molar-refractivity contribution in [1.29, 1.82) is 0 Å². The zero-order valence-corrected chi connectivity index (χ0v) is 13.8. The van der Waals surface area contributed by atoms with Gasteiger partial charge in [-0.05, 0) is 19.4 Å². The molecule has 2 aromatic rings. The molecule has 0 atom stereocenters. The first kappa shape index (κ1) is 18.8. The number of anilines is 1. The fraction of sp³-hybridized carbons (Fsp3) is 0.200. The lowest BCUT2D eigenvalue weighted by Gasteiger charge is -2.09. The Morgan fingerprint density at radius 3 is 1.84 bits per heavy atom. The minimum Gasteiger partial charge on any atom is -0.465 e. The molecule has 0 bridgehead atoms. The maximum absolute atomic E-state index is 13.7. The van der Waals surface area contributed by atoms with E-state index in [4.69, 9.17) is 0 Å². The Balaban J connectivity index is 2.53. The maximum Gasteiger partial charge on any atom is 0.341 e. The summed E-state index contributed by atoms with van der Waals surface area (Å²) in [6.45, 7) is 3.16. The number of amides is 1. The van der Waals surface area contributed by atoms with Crippen molar-refractivity contribution in [2.24, 2.45) is 0 Å². The van der Waals surface area contributed by atoms with Gasteiger partial charge >= 0.3 is 5.97 Å². The summed E-state index contributed by atoms with van der Waals surface area (Å²) in [5, 5.41) is 1.87. The molecule has 2 rings (SSSR count). The van der Waals surface area contributed by atoms with Crippen LogP contribution in [-0.4, -0.2) is 19.0 Å². The van der Waals surface area contributed by atoms with E-state index in [0.29, 0.717) is 10.4 Å². The summed E-state index contributed by atoms with van der Waals surface area (Å²) in [5.41, 5.74) is -1.26. The van der Waals surface area contributed by atoms with Gasteiger partial charge in [-0.2, -0.15) is 0 Å². The minimum atomic E-state index is -2.37. The van der Waals surface area contributed by atoms with Crippen molar-refractivity contribution in [2.75, 3.05) is 12.4 Å². The molecule has 0 radical (unpaired) electrons. The molecular formula is C15H10F5NO3S. The van der Waals surface area contributed by atoms with Crippen LogP contribution < -0.4 is 5.32 Å². The lowest BCUT2D eigenvalue weighted by atomic mass is 10.1. The van der Waals surface area contributed by atoms with Crippen molar-refractivity contribution in [1.82, 2.24) is 0 Å². The SMILES string of the molecule is COC(=O)c1c(NC(=O)c2c(F)c(F)c(F)c(F)c2F)sc(C)c1C. The van der Waals surface area contributed by atoms with Crippen molar-refractivity contribution < 1.29 is 36.3 Å². The predicted octanol–water partition coefficient (Wildman–Crippen LogP) is 4.10. The van der Waals surface area contributed by atoms with E-state index in [9.17, 15) is 31.5 Å². The van der Waals surface area contributed by atoms with Gasteiger partial charge in [-0.15, -0.1) is 11.3 Å². The standard InChI is InChI=1S/C15H10F5NO3S/c1-4-5(2)25-14(6(4)15(23)24-3)21-13(22)7-8(16)10(18)12(20)11(19)9(7)17/h1-3H3,(H,21,22). The second-order valence-electron chi connectivity index (χ2n) is 4.88. The van der Waals surface area contributed by atoms with Gasteiger partial charge in [-0.1, -0.05) is 0 Å². The van der Waals surface area contributed by atoms with Crippen molar-refractivity contribution in [3.63, 3.8) is 0 Å². The van der Waals surface area contributed by atoms with Gasteiger partial charge in [0.25, 0.3) is 5.91 Å². The van der Waals surface area contributed by atoms with Gasteiger partial charge in [0, 0.05) is 4.88 Å². The van der Waals surface area contributed by atoms with E-state index < -0.39 is 46.5 Å². The number of benzene rings is 1. The molecule has 0 fully saturated rings. The van der Waals surface area contributed by atoms with Gasteiger partial charge in [0.05, 0.1) is 12.7 Å². The highest BCUT2D eigenvalue weighted by molar-refractivity contribution is 7.16. The summed E-state index contributed by atoms with van der Waals surface area (Å²) >= 11 is 0.892. The van der Waals surface area contributed by atoms with Crippen LogP contribution in [0.4, 0.5) is 27.0 Å². The molecule has 0 aliphatic heterocycles. The van der Waals surface area contributed by atoms with Crippen molar-refractivity contribution in [3.05, 3.63) is 50.7 Å². The van der Waals surface area contributed by atoms with Crippen LogP contribution in [0.2, 0.25) is 0 Å². The largest absolute Gasteiger partial charge is 0.465 e. The number of ether oxygens (including phenoxy) is 1. The van der Waals surface area contributed by atoms with Crippen LogP contribution >= 0.6 is 11.3 Å². The van der Waals surface area contributed by atoms with E-state index in [-0.39, 0.29) is 10.6 Å². The molecule has 1 aromatic carbocycles. The summed E-state index contributed by atoms with van der Waals surface area (Å²) in [4.78, 5) is 24.4. The molecule has 10 heteroatoms. The second kappa shape index (κ2) is 6.79. The average Bonchev–Trinajstić information content (AvgIpc) is 2.84. The normalized spacial score (nSPS) is 10.7. The fourth-order valence-corrected chi connectivity index (χ4v) is 3.08. The molecule has 0 aliphatic carbocycles. The Bertz CT molecular complexity index is 865. The summed E-state index contributed by atoms with van der Waals surface area (Å²) in [5.74, 6) is -13.8. The van der Waals surface area contributed by atoms with Crippen LogP contribution in [0.3, 0.4) is 0 Å². The molecule has 0 saturated carbocycles. The number of hydrogen-bond acceptors (Lipinski definition) is 4. The zero-order chi connectivity index (χ0) is 19.0. The highest BCUT2D eigenvalue weighted by Crippen LogP contribution is 2.34. The number of methoxy groups -OCH3 is 1. The highest BCUT2D eigenvalue weighted by atomic mass is 32.1. The number of halogens is 5. The monoisotopic (exact) mass is 379 g/mol. The van der Waals surface area contributed by atoms with E-state index in [1.807, 2.05) is 5.32 Å². The smallest absolute Gasteiger partial charge is 0.341 e. The number of hydrogen-bond donors (Lipinski definition) is 1. The van der Waals surface area contributed by atoms with Crippen LogP contribution in [0, 0.1) is 42.9 Å². The van der Waals surface area contributed by atoms with Gasteiger partial charge in [-0.25, -0.2) is 26.7 Å². The second-order valence-corrected chi connectivity index (χ2v) is 6.10. The number of rotatable bonds is 3. The third kappa shape index (κ3) is 3.09. The van der Waals surface area contributed by atoms with Gasteiger partial charge in [0.15, 0.2) is 23.3 Å². The zero-order valence-electron chi connectivity index (χ0n) is 13.0. The van der Waals surface area contributed by atoms with E-state index in [0.717, 1.165) is 18.4 Å². The third-order valence-electron chi connectivity index (χ3n) is 3.44. The van der Waals surface area contributed by atoms with Crippen molar-refractivity contribution in [3.8, 4) is 0 Å². The lowest BCUT2D eigenvalue weighted by Crippen LogP contribution is -2.20. The number of aryl methyl sites for hydroxylation is 1. The van der Waals surface area contributed by atoms with Crippen LogP contribution in [0.15, 0.2) is 0 Å². The quantitative estimate of drug-likeness (QED) is 0.378. The molecule has 1 aromatic heterocycles. The lowest BCUT2D eigenvalue weighted by molar-refractivity contribution is 0.0601. The molecule has 1 heterocycles. The Kier molecular flexibility index (Phi) is 5.12. The number of nitrogens with one attached hydrogen (secondary N) is 1. The number of thiophene rings is 1.